The van der Waals surface area contributed by atoms with Gasteiger partial charge in [-0.2, -0.15) is 0 Å². The SMILES string of the molecule is CCN(CC)C(=O)CC1(O)CCCCC1. The van der Waals surface area contributed by atoms with Crippen molar-refractivity contribution in [1.82, 2.24) is 4.90 Å². The fourth-order valence-electron chi connectivity index (χ4n) is 2.36. The Morgan fingerprint density at radius 3 is 2.20 bits per heavy atom. The van der Waals surface area contributed by atoms with Gasteiger partial charge < -0.3 is 10.0 Å². The molecule has 0 heterocycles. The second kappa shape index (κ2) is 5.50. The number of rotatable bonds is 4. The van der Waals surface area contributed by atoms with Crippen LogP contribution in [0, 0.1) is 0 Å². The first-order chi connectivity index (χ1) is 7.11. The molecule has 0 aromatic carbocycles. The van der Waals surface area contributed by atoms with Crippen LogP contribution in [-0.2, 0) is 4.79 Å². The van der Waals surface area contributed by atoms with Crippen LogP contribution in [0.3, 0.4) is 0 Å². The summed E-state index contributed by atoms with van der Waals surface area (Å²) in [6.45, 7) is 5.44. The first-order valence-electron chi connectivity index (χ1n) is 6.11. The van der Waals surface area contributed by atoms with Crippen molar-refractivity contribution in [2.24, 2.45) is 0 Å². The lowest BCUT2D eigenvalue weighted by Crippen LogP contribution is -2.40. The molecule has 0 saturated heterocycles. The summed E-state index contributed by atoms with van der Waals surface area (Å²) in [6, 6.07) is 0. The highest BCUT2D eigenvalue weighted by Gasteiger charge is 2.32. The van der Waals surface area contributed by atoms with Crippen LogP contribution in [0.1, 0.15) is 52.4 Å². The Bertz CT molecular complexity index is 206. The lowest BCUT2D eigenvalue weighted by Gasteiger charge is -2.33. The third-order valence-corrected chi connectivity index (χ3v) is 3.38. The smallest absolute Gasteiger partial charge is 0.225 e. The molecule has 0 unspecified atom stereocenters. The molecule has 0 radical (unpaired) electrons. The average molecular weight is 213 g/mol. The summed E-state index contributed by atoms with van der Waals surface area (Å²) in [5.74, 6) is 0.101. The van der Waals surface area contributed by atoms with Crippen LogP contribution in [0.4, 0.5) is 0 Å². The Balaban J connectivity index is 2.48. The number of hydrogen-bond acceptors (Lipinski definition) is 2. The fraction of sp³-hybridized carbons (Fsp3) is 0.917. The van der Waals surface area contributed by atoms with Crippen LogP contribution >= 0.6 is 0 Å². The fourth-order valence-corrected chi connectivity index (χ4v) is 2.36. The van der Waals surface area contributed by atoms with E-state index in [1.165, 1.54) is 6.42 Å². The summed E-state index contributed by atoms with van der Waals surface area (Å²) in [5.41, 5.74) is -0.710. The van der Waals surface area contributed by atoms with E-state index in [-0.39, 0.29) is 5.91 Å². The molecule has 1 aliphatic carbocycles. The minimum atomic E-state index is -0.710. The second-order valence-corrected chi connectivity index (χ2v) is 4.53. The molecule has 1 amide bonds. The van der Waals surface area contributed by atoms with Gasteiger partial charge in [0.2, 0.25) is 5.91 Å². The molecule has 1 aliphatic rings. The highest BCUT2D eigenvalue weighted by Crippen LogP contribution is 2.31. The minimum Gasteiger partial charge on any atom is -0.389 e. The number of carbonyl (C=O) groups excluding carboxylic acids is 1. The molecule has 0 bridgehead atoms. The van der Waals surface area contributed by atoms with Crippen molar-refractivity contribution in [3.8, 4) is 0 Å². The zero-order valence-electron chi connectivity index (χ0n) is 9.96. The van der Waals surface area contributed by atoms with Gasteiger partial charge in [0.25, 0.3) is 0 Å². The van der Waals surface area contributed by atoms with Crippen LogP contribution in [0.2, 0.25) is 0 Å². The van der Waals surface area contributed by atoms with Crippen molar-refractivity contribution in [3.05, 3.63) is 0 Å². The van der Waals surface area contributed by atoms with Gasteiger partial charge in [0.05, 0.1) is 12.0 Å². The van der Waals surface area contributed by atoms with Crippen LogP contribution < -0.4 is 0 Å². The number of aliphatic hydroxyl groups is 1. The average Bonchev–Trinajstić information content (AvgIpc) is 2.19. The van der Waals surface area contributed by atoms with Crippen molar-refractivity contribution in [3.63, 3.8) is 0 Å². The summed E-state index contributed by atoms with van der Waals surface area (Å²) in [4.78, 5) is 13.6. The van der Waals surface area contributed by atoms with E-state index in [0.29, 0.717) is 6.42 Å². The quantitative estimate of drug-likeness (QED) is 0.775. The van der Waals surface area contributed by atoms with Gasteiger partial charge in [-0.05, 0) is 26.7 Å². The Kier molecular flexibility index (Phi) is 4.58. The van der Waals surface area contributed by atoms with Gasteiger partial charge in [-0.3, -0.25) is 4.79 Å². The van der Waals surface area contributed by atoms with E-state index in [9.17, 15) is 9.90 Å². The Labute approximate surface area is 92.5 Å². The van der Waals surface area contributed by atoms with Crippen molar-refractivity contribution >= 4 is 5.91 Å². The van der Waals surface area contributed by atoms with Crippen molar-refractivity contribution in [2.45, 2.75) is 58.0 Å². The lowest BCUT2D eigenvalue weighted by atomic mass is 9.82. The van der Waals surface area contributed by atoms with E-state index in [2.05, 4.69) is 0 Å². The first kappa shape index (κ1) is 12.5. The van der Waals surface area contributed by atoms with E-state index in [1.54, 1.807) is 4.90 Å². The van der Waals surface area contributed by atoms with Crippen molar-refractivity contribution < 1.29 is 9.90 Å². The van der Waals surface area contributed by atoms with E-state index < -0.39 is 5.60 Å². The van der Waals surface area contributed by atoms with Crippen LogP contribution in [0.5, 0.6) is 0 Å². The molecule has 88 valence electrons. The summed E-state index contributed by atoms with van der Waals surface area (Å²) in [5, 5.41) is 10.2. The molecule has 0 aromatic rings. The predicted octanol–water partition coefficient (Wildman–Crippen LogP) is 1.94. The maximum absolute atomic E-state index is 11.8. The molecule has 0 atom stereocenters. The summed E-state index contributed by atoms with van der Waals surface area (Å²) in [6.07, 6.45) is 5.21. The summed E-state index contributed by atoms with van der Waals surface area (Å²) < 4.78 is 0. The molecule has 0 spiro atoms. The maximum Gasteiger partial charge on any atom is 0.225 e. The van der Waals surface area contributed by atoms with E-state index in [4.69, 9.17) is 0 Å². The molecule has 15 heavy (non-hydrogen) atoms. The third kappa shape index (κ3) is 3.49. The van der Waals surface area contributed by atoms with Gasteiger partial charge in [0.15, 0.2) is 0 Å². The highest BCUT2D eigenvalue weighted by molar-refractivity contribution is 5.77. The number of carbonyl (C=O) groups is 1. The first-order valence-corrected chi connectivity index (χ1v) is 6.11. The molecule has 3 heteroatoms. The molecule has 0 aromatic heterocycles. The Morgan fingerprint density at radius 1 is 1.20 bits per heavy atom. The van der Waals surface area contributed by atoms with Crippen LogP contribution in [0.25, 0.3) is 0 Å². The molecule has 1 N–H and O–H groups in total. The van der Waals surface area contributed by atoms with E-state index >= 15 is 0 Å². The van der Waals surface area contributed by atoms with Gasteiger partial charge >= 0.3 is 0 Å². The predicted molar refractivity (Wildman–Crippen MR) is 60.6 cm³/mol. The molecule has 3 nitrogen and oxygen atoms in total. The van der Waals surface area contributed by atoms with Gasteiger partial charge in [-0.25, -0.2) is 0 Å². The number of amides is 1. The zero-order chi connectivity index (χ0) is 11.3. The largest absolute Gasteiger partial charge is 0.389 e. The maximum atomic E-state index is 11.8. The van der Waals surface area contributed by atoms with Gasteiger partial charge in [-0.15, -0.1) is 0 Å². The van der Waals surface area contributed by atoms with E-state index in [1.807, 2.05) is 13.8 Å². The highest BCUT2D eigenvalue weighted by atomic mass is 16.3. The zero-order valence-corrected chi connectivity index (χ0v) is 9.96. The number of nitrogens with zero attached hydrogens (tertiary/aromatic N) is 1. The topological polar surface area (TPSA) is 40.5 Å². The monoisotopic (exact) mass is 213 g/mol. The summed E-state index contributed by atoms with van der Waals surface area (Å²) >= 11 is 0. The summed E-state index contributed by atoms with van der Waals surface area (Å²) in [7, 11) is 0. The molecular weight excluding hydrogens is 190 g/mol. The van der Waals surface area contributed by atoms with Crippen LogP contribution in [0.15, 0.2) is 0 Å². The van der Waals surface area contributed by atoms with Crippen molar-refractivity contribution in [1.29, 1.82) is 0 Å². The Hall–Kier alpha value is -0.570. The van der Waals surface area contributed by atoms with Crippen LogP contribution in [-0.4, -0.2) is 34.6 Å². The second-order valence-electron chi connectivity index (χ2n) is 4.53. The number of hydrogen-bond donors (Lipinski definition) is 1. The lowest BCUT2D eigenvalue weighted by molar-refractivity contribution is -0.137. The van der Waals surface area contributed by atoms with Crippen molar-refractivity contribution in [2.75, 3.05) is 13.1 Å². The van der Waals surface area contributed by atoms with Gasteiger partial charge in [0.1, 0.15) is 0 Å². The van der Waals surface area contributed by atoms with Gasteiger partial charge in [0, 0.05) is 13.1 Å². The van der Waals surface area contributed by atoms with Gasteiger partial charge in [-0.1, -0.05) is 19.3 Å². The molecular formula is C12H23NO2. The van der Waals surface area contributed by atoms with E-state index in [0.717, 1.165) is 38.8 Å². The normalized spacial score (nSPS) is 19.9. The Morgan fingerprint density at radius 2 is 1.73 bits per heavy atom. The molecule has 1 fully saturated rings. The molecule has 1 saturated carbocycles. The molecule has 0 aliphatic heterocycles. The third-order valence-electron chi connectivity index (χ3n) is 3.38. The standard InChI is InChI=1S/C12H23NO2/c1-3-13(4-2)11(14)10-12(15)8-6-5-7-9-12/h15H,3-10H2,1-2H3. The minimum absolute atomic E-state index is 0.101. The molecule has 1 rings (SSSR count).